The number of aromatic nitrogens is 3. The number of carbonyl (C=O) groups excluding carboxylic acids is 1. The van der Waals surface area contributed by atoms with Crippen molar-refractivity contribution in [3.8, 4) is 0 Å². The summed E-state index contributed by atoms with van der Waals surface area (Å²) in [5, 5.41) is 4.39. The molecule has 2 aromatic rings. The van der Waals surface area contributed by atoms with E-state index in [4.69, 9.17) is 4.42 Å². The van der Waals surface area contributed by atoms with Crippen molar-refractivity contribution in [1.29, 1.82) is 0 Å². The molecule has 0 bridgehead atoms. The Hall–Kier alpha value is -2.31. The molecule has 1 aliphatic carbocycles. The summed E-state index contributed by atoms with van der Waals surface area (Å²) in [7, 11) is 0. The number of carbonyl (C=O) groups is 1. The Morgan fingerprint density at radius 3 is 2.95 bits per heavy atom. The number of hydrogen-bond acceptors (Lipinski definition) is 4. The number of hydrogen-bond donors (Lipinski definition) is 0. The Morgan fingerprint density at radius 1 is 1.38 bits per heavy atom. The molecule has 4 rings (SSSR count). The third-order valence-corrected chi connectivity index (χ3v) is 4.11. The smallest absolute Gasteiger partial charge is 0.346 e. The van der Waals surface area contributed by atoms with Crippen LogP contribution in [0.2, 0.25) is 0 Å². The molecule has 0 atom stereocenters. The van der Waals surface area contributed by atoms with Crippen molar-refractivity contribution in [1.82, 2.24) is 19.2 Å². The Balaban J connectivity index is 1.57. The summed E-state index contributed by atoms with van der Waals surface area (Å²) >= 11 is 0. The molecule has 3 heterocycles. The summed E-state index contributed by atoms with van der Waals surface area (Å²) in [5.74, 6) is 1.19. The molecule has 110 valence electrons. The van der Waals surface area contributed by atoms with Gasteiger partial charge in [-0.1, -0.05) is 0 Å². The fourth-order valence-electron chi connectivity index (χ4n) is 2.70. The molecule has 0 saturated heterocycles. The number of furan rings is 1. The van der Waals surface area contributed by atoms with Crippen molar-refractivity contribution in [2.24, 2.45) is 5.92 Å². The zero-order valence-electron chi connectivity index (χ0n) is 11.6. The first-order valence-electron chi connectivity index (χ1n) is 7.20. The van der Waals surface area contributed by atoms with E-state index in [9.17, 15) is 9.59 Å². The van der Waals surface area contributed by atoms with Crippen LogP contribution in [-0.4, -0.2) is 31.7 Å². The summed E-state index contributed by atoms with van der Waals surface area (Å²) in [6.07, 6.45) is 5.28. The van der Waals surface area contributed by atoms with Gasteiger partial charge < -0.3 is 9.32 Å². The highest BCUT2D eigenvalue weighted by molar-refractivity contribution is 5.93. The maximum Gasteiger partial charge on any atom is 0.346 e. The van der Waals surface area contributed by atoms with Crippen LogP contribution >= 0.6 is 0 Å². The molecule has 2 aliphatic rings. The molecule has 1 aliphatic heterocycles. The van der Waals surface area contributed by atoms with Gasteiger partial charge in [0.1, 0.15) is 6.26 Å². The van der Waals surface area contributed by atoms with Crippen molar-refractivity contribution in [2.75, 3.05) is 6.54 Å². The van der Waals surface area contributed by atoms with Crippen LogP contribution in [0.15, 0.2) is 27.8 Å². The molecule has 7 heteroatoms. The number of amides is 1. The number of fused-ring (bicyclic) bond motifs is 1. The van der Waals surface area contributed by atoms with E-state index in [-0.39, 0.29) is 11.6 Å². The molecule has 7 nitrogen and oxygen atoms in total. The lowest BCUT2D eigenvalue weighted by Gasteiger charge is -2.26. The molecule has 1 amide bonds. The number of nitrogens with zero attached hydrogens (tertiary/aromatic N) is 4. The van der Waals surface area contributed by atoms with Gasteiger partial charge in [-0.3, -0.25) is 9.36 Å². The predicted molar refractivity (Wildman–Crippen MR) is 72.7 cm³/mol. The van der Waals surface area contributed by atoms with Gasteiger partial charge in [0.05, 0.1) is 18.4 Å². The minimum atomic E-state index is -0.0841. The van der Waals surface area contributed by atoms with Crippen LogP contribution in [0.5, 0.6) is 0 Å². The molecule has 2 aromatic heterocycles. The van der Waals surface area contributed by atoms with E-state index in [1.807, 2.05) is 0 Å². The lowest BCUT2D eigenvalue weighted by Crippen LogP contribution is -2.40. The Labute approximate surface area is 120 Å². The lowest BCUT2D eigenvalue weighted by atomic mass is 10.2. The monoisotopic (exact) mass is 288 g/mol. The Morgan fingerprint density at radius 2 is 2.24 bits per heavy atom. The van der Waals surface area contributed by atoms with Gasteiger partial charge in [-0.25, -0.2) is 9.48 Å². The summed E-state index contributed by atoms with van der Waals surface area (Å²) in [6, 6.07) is 1.65. The third kappa shape index (κ3) is 2.18. The third-order valence-electron chi connectivity index (χ3n) is 4.11. The Bertz CT molecular complexity index is 724. The van der Waals surface area contributed by atoms with Crippen molar-refractivity contribution in [2.45, 2.75) is 32.5 Å². The summed E-state index contributed by atoms with van der Waals surface area (Å²) in [6.45, 7) is 2.10. The molecule has 0 aromatic carbocycles. The largest absolute Gasteiger partial charge is 0.472 e. The summed E-state index contributed by atoms with van der Waals surface area (Å²) < 4.78 is 8.18. The second kappa shape index (κ2) is 4.61. The van der Waals surface area contributed by atoms with Gasteiger partial charge in [-0.2, -0.15) is 5.10 Å². The van der Waals surface area contributed by atoms with E-state index in [2.05, 4.69) is 5.10 Å². The van der Waals surface area contributed by atoms with Gasteiger partial charge in [-0.15, -0.1) is 0 Å². The van der Waals surface area contributed by atoms with Gasteiger partial charge in [0.15, 0.2) is 5.82 Å². The Kier molecular flexibility index (Phi) is 2.73. The van der Waals surface area contributed by atoms with Gasteiger partial charge >= 0.3 is 5.69 Å². The van der Waals surface area contributed by atoms with E-state index in [1.54, 1.807) is 20.2 Å². The van der Waals surface area contributed by atoms with Crippen LogP contribution in [-0.2, 0) is 19.6 Å². The standard InChI is InChI=1S/C14H16N4O3/c19-13(11-3-6-21-9-11)16-4-5-17-12(8-16)15-18(14(17)20)7-10-1-2-10/h3,6,9-10H,1-2,4-5,7-8H2. The van der Waals surface area contributed by atoms with Crippen LogP contribution in [0.25, 0.3) is 0 Å². The first kappa shape index (κ1) is 12.4. The summed E-state index contributed by atoms with van der Waals surface area (Å²) in [4.78, 5) is 26.2. The molecule has 1 saturated carbocycles. The van der Waals surface area contributed by atoms with Crippen LogP contribution in [0.1, 0.15) is 29.0 Å². The zero-order chi connectivity index (χ0) is 14.4. The van der Waals surface area contributed by atoms with Crippen LogP contribution in [0, 0.1) is 5.92 Å². The first-order chi connectivity index (χ1) is 10.2. The van der Waals surface area contributed by atoms with E-state index in [1.165, 1.54) is 25.4 Å². The molecule has 21 heavy (non-hydrogen) atoms. The van der Waals surface area contributed by atoms with Crippen LogP contribution in [0.3, 0.4) is 0 Å². The normalized spacial score (nSPS) is 17.8. The second-order valence-corrected chi connectivity index (χ2v) is 5.71. The predicted octanol–water partition coefficient (Wildman–Crippen LogP) is 0.704. The average molecular weight is 288 g/mol. The molecular formula is C14H16N4O3. The second-order valence-electron chi connectivity index (χ2n) is 5.71. The first-order valence-corrected chi connectivity index (χ1v) is 7.20. The molecule has 0 N–H and O–H groups in total. The summed E-state index contributed by atoms with van der Waals surface area (Å²) in [5.41, 5.74) is 0.482. The minimum Gasteiger partial charge on any atom is -0.472 e. The maximum absolute atomic E-state index is 12.3. The van der Waals surface area contributed by atoms with Crippen LogP contribution in [0.4, 0.5) is 0 Å². The maximum atomic E-state index is 12.3. The molecule has 0 radical (unpaired) electrons. The lowest BCUT2D eigenvalue weighted by molar-refractivity contribution is 0.0705. The van der Waals surface area contributed by atoms with E-state index in [0.29, 0.717) is 43.5 Å². The fourth-order valence-corrected chi connectivity index (χ4v) is 2.70. The van der Waals surface area contributed by atoms with Crippen molar-refractivity contribution >= 4 is 5.91 Å². The highest BCUT2D eigenvalue weighted by Crippen LogP contribution is 2.29. The van der Waals surface area contributed by atoms with E-state index >= 15 is 0 Å². The zero-order valence-corrected chi connectivity index (χ0v) is 11.6. The molecular weight excluding hydrogens is 272 g/mol. The topological polar surface area (TPSA) is 73.3 Å². The quantitative estimate of drug-likeness (QED) is 0.833. The van der Waals surface area contributed by atoms with Crippen LogP contribution < -0.4 is 5.69 Å². The minimum absolute atomic E-state index is 0.0488. The SMILES string of the molecule is O=C(c1ccoc1)N1CCn2c(nn(CC3CC3)c2=O)C1. The number of rotatable bonds is 3. The fraction of sp³-hybridized carbons (Fsp3) is 0.500. The molecule has 0 unspecified atom stereocenters. The van der Waals surface area contributed by atoms with Gasteiger partial charge in [-0.05, 0) is 24.8 Å². The van der Waals surface area contributed by atoms with E-state index < -0.39 is 0 Å². The molecule has 0 spiro atoms. The highest BCUT2D eigenvalue weighted by atomic mass is 16.3. The van der Waals surface area contributed by atoms with Crippen molar-refractivity contribution < 1.29 is 9.21 Å². The van der Waals surface area contributed by atoms with Gasteiger partial charge in [0.25, 0.3) is 5.91 Å². The average Bonchev–Trinajstić information content (AvgIpc) is 3.04. The van der Waals surface area contributed by atoms with Crippen molar-refractivity contribution in [3.63, 3.8) is 0 Å². The van der Waals surface area contributed by atoms with E-state index in [0.717, 1.165) is 0 Å². The van der Waals surface area contributed by atoms with Gasteiger partial charge in [0.2, 0.25) is 0 Å². The van der Waals surface area contributed by atoms with Crippen molar-refractivity contribution in [3.05, 3.63) is 40.5 Å². The molecule has 1 fully saturated rings. The van der Waals surface area contributed by atoms with Gasteiger partial charge in [0, 0.05) is 19.6 Å². The highest BCUT2D eigenvalue weighted by Gasteiger charge is 2.28.